The molecule has 0 amide bonds. The van der Waals surface area contributed by atoms with E-state index in [9.17, 15) is 4.79 Å². The first-order valence-corrected chi connectivity index (χ1v) is 13.5. The third-order valence-electron chi connectivity index (χ3n) is 10.6. The second kappa shape index (κ2) is 8.86. The lowest BCUT2D eigenvalue weighted by molar-refractivity contribution is -0.152. The van der Waals surface area contributed by atoms with Gasteiger partial charge in [-0.05, 0) is 97.7 Å². The first-order valence-electron chi connectivity index (χ1n) is 13.5. The van der Waals surface area contributed by atoms with E-state index in [1.807, 2.05) is 5.57 Å². The highest BCUT2D eigenvalue weighted by atomic mass is 16.5. The molecule has 4 aliphatic carbocycles. The van der Waals surface area contributed by atoms with Gasteiger partial charge in [0.05, 0.1) is 0 Å². The fourth-order valence-electron chi connectivity index (χ4n) is 8.84. The topological polar surface area (TPSA) is 26.3 Å². The van der Waals surface area contributed by atoms with Crippen LogP contribution in [0.3, 0.4) is 0 Å². The zero-order valence-electron chi connectivity index (χ0n) is 21.2. The molecular formula is C29H48O2. The number of ether oxygens (including phenoxy) is 1. The van der Waals surface area contributed by atoms with E-state index in [-0.39, 0.29) is 12.1 Å². The van der Waals surface area contributed by atoms with Gasteiger partial charge in [0.2, 0.25) is 0 Å². The number of carbonyl (C=O) groups is 1. The summed E-state index contributed by atoms with van der Waals surface area (Å²) in [6.45, 7) is 14.1. The maximum atomic E-state index is 11.5. The average molecular weight is 429 g/mol. The van der Waals surface area contributed by atoms with Crippen molar-refractivity contribution in [3.63, 3.8) is 0 Å². The molecule has 0 bridgehead atoms. The number of carbonyl (C=O) groups excluding carboxylic acids is 1. The summed E-state index contributed by atoms with van der Waals surface area (Å²) in [5.41, 5.74) is 2.80. The lowest BCUT2D eigenvalue weighted by Gasteiger charge is -2.58. The number of allylic oxidation sites excluding steroid dienone is 2. The Balaban J connectivity index is 1.47. The number of fused-ring (bicyclic) bond motifs is 5. The van der Waals surface area contributed by atoms with Crippen LogP contribution in [0.15, 0.2) is 11.6 Å². The van der Waals surface area contributed by atoms with Crippen LogP contribution in [0.5, 0.6) is 0 Å². The van der Waals surface area contributed by atoms with E-state index in [0.717, 1.165) is 42.4 Å². The van der Waals surface area contributed by atoms with E-state index in [0.29, 0.717) is 16.7 Å². The zero-order chi connectivity index (χ0) is 22.4. The van der Waals surface area contributed by atoms with Crippen LogP contribution >= 0.6 is 0 Å². The van der Waals surface area contributed by atoms with Crippen molar-refractivity contribution in [1.29, 1.82) is 0 Å². The first-order chi connectivity index (χ1) is 14.6. The normalized spacial score (nSPS) is 42.9. The van der Waals surface area contributed by atoms with Crippen molar-refractivity contribution in [3.05, 3.63) is 11.6 Å². The molecular weight excluding hydrogens is 380 g/mol. The Kier molecular flexibility index (Phi) is 6.68. The van der Waals surface area contributed by atoms with Crippen molar-refractivity contribution < 1.29 is 9.53 Å². The van der Waals surface area contributed by atoms with Gasteiger partial charge in [-0.2, -0.15) is 0 Å². The summed E-state index contributed by atoms with van der Waals surface area (Å²) >= 11 is 0. The van der Waals surface area contributed by atoms with Crippen LogP contribution in [-0.4, -0.2) is 12.1 Å². The molecule has 0 saturated heterocycles. The Morgan fingerprint density at radius 1 is 1.03 bits per heavy atom. The lowest BCUT2D eigenvalue weighted by atomic mass is 9.47. The third-order valence-corrected chi connectivity index (χ3v) is 10.6. The third kappa shape index (κ3) is 4.26. The van der Waals surface area contributed by atoms with Gasteiger partial charge in [-0.25, -0.2) is 0 Å². The predicted molar refractivity (Wildman–Crippen MR) is 129 cm³/mol. The molecule has 0 N–H and O–H groups in total. The van der Waals surface area contributed by atoms with Gasteiger partial charge < -0.3 is 4.74 Å². The van der Waals surface area contributed by atoms with Crippen molar-refractivity contribution in [1.82, 2.24) is 0 Å². The summed E-state index contributed by atoms with van der Waals surface area (Å²) in [4.78, 5) is 11.5. The van der Waals surface area contributed by atoms with E-state index in [1.165, 1.54) is 57.8 Å². The Bertz CT molecular complexity index is 693. The van der Waals surface area contributed by atoms with Crippen LogP contribution in [0.1, 0.15) is 112 Å². The number of rotatable bonds is 6. The molecule has 4 aliphatic rings. The lowest BCUT2D eigenvalue weighted by Crippen LogP contribution is -2.50. The molecule has 0 aliphatic heterocycles. The van der Waals surface area contributed by atoms with Crippen LogP contribution in [0, 0.1) is 46.3 Å². The Morgan fingerprint density at radius 2 is 1.74 bits per heavy atom. The van der Waals surface area contributed by atoms with Gasteiger partial charge in [0.25, 0.3) is 0 Å². The molecule has 8 atom stereocenters. The molecule has 0 spiro atoms. The Labute approximate surface area is 192 Å². The van der Waals surface area contributed by atoms with Gasteiger partial charge >= 0.3 is 5.97 Å². The van der Waals surface area contributed by atoms with Crippen LogP contribution < -0.4 is 0 Å². The largest absolute Gasteiger partial charge is 0.463 e. The van der Waals surface area contributed by atoms with Crippen LogP contribution in [-0.2, 0) is 9.53 Å². The highest BCUT2D eigenvalue weighted by Gasteiger charge is 2.58. The van der Waals surface area contributed by atoms with Gasteiger partial charge in [-0.15, -0.1) is 0 Å². The van der Waals surface area contributed by atoms with Gasteiger partial charge in [0.1, 0.15) is 6.10 Å². The molecule has 0 heterocycles. The fraction of sp³-hybridized carbons (Fsp3) is 0.897. The van der Waals surface area contributed by atoms with Crippen molar-refractivity contribution >= 4 is 5.97 Å². The second-order valence-electron chi connectivity index (χ2n) is 12.8. The molecule has 0 unspecified atom stereocenters. The number of hydrogen-bond acceptors (Lipinski definition) is 2. The summed E-state index contributed by atoms with van der Waals surface area (Å²) in [6.07, 6.45) is 17.3. The van der Waals surface area contributed by atoms with Gasteiger partial charge in [0.15, 0.2) is 0 Å². The Hall–Kier alpha value is -0.790. The van der Waals surface area contributed by atoms with Gasteiger partial charge in [-0.3, -0.25) is 4.79 Å². The second-order valence-corrected chi connectivity index (χ2v) is 12.8. The average Bonchev–Trinajstić information content (AvgIpc) is 3.05. The maximum Gasteiger partial charge on any atom is 0.302 e. The quantitative estimate of drug-likeness (QED) is 0.317. The number of hydrogen-bond donors (Lipinski definition) is 0. The van der Waals surface area contributed by atoms with Crippen molar-refractivity contribution in [2.24, 2.45) is 46.3 Å². The molecule has 31 heavy (non-hydrogen) atoms. The van der Waals surface area contributed by atoms with Gasteiger partial charge in [-0.1, -0.05) is 65.5 Å². The van der Waals surface area contributed by atoms with E-state index in [1.54, 1.807) is 6.92 Å². The monoisotopic (exact) mass is 428 g/mol. The van der Waals surface area contributed by atoms with Crippen molar-refractivity contribution in [2.45, 2.75) is 118 Å². The molecule has 176 valence electrons. The maximum absolute atomic E-state index is 11.5. The SMILES string of the molecule is CC(=O)O[C@@H]1CC[C@@]2(C)[C@@H](CC=C3[C@H]2CC[C@]2(C)[C@@H]3CC[C@@H]2[C@H](C)CCCC(C)C)C1. The van der Waals surface area contributed by atoms with E-state index >= 15 is 0 Å². The van der Waals surface area contributed by atoms with Crippen LogP contribution in [0.4, 0.5) is 0 Å². The Morgan fingerprint density at radius 3 is 2.45 bits per heavy atom. The fourth-order valence-corrected chi connectivity index (χ4v) is 8.84. The minimum atomic E-state index is -0.103. The zero-order valence-corrected chi connectivity index (χ0v) is 21.2. The van der Waals surface area contributed by atoms with E-state index in [4.69, 9.17) is 4.74 Å². The van der Waals surface area contributed by atoms with Crippen molar-refractivity contribution in [3.8, 4) is 0 Å². The number of esters is 1. The highest BCUT2D eigenvalue weighted by molar-refractivity contribution is 5.66. The molecule has 3 saturated carbocycles. The minimum absolute atomic E-state index is 0.103. The van der Waals surface area contributed by atoms with Crippen LogP contribution in [0.25, 0.3) is 0 Å². The van der Waals surface area contributed by atoms with Crippen molar-refractivity contribution in [2.75, 3.05) is 0 Å². The summed E-state index contributed by atoms with van der Waals surface area (Å²) in [5, 5.41) is 0. The summed E-state index contributed by atoms with van der Waals surface area (Å²) in [5.74, 6) is 4.81. The molecule has 0 aromatic rings. The molecule has 3 fully saturated rings. The molecule has 0 aromatic carbocycles. The van der Waals surface area contributed by atoms with E-state index < -0.39 is 0 Å². The summed E-state index contributed by atoms with van der Waals surface area (Å²) < 4.78 is 5.63. The summed E-state index contributed by atoms with van der Waals surface area (Å²) in [7, 11) is 0. The van der Waals surface area contributed by atoms with E-state index in [2.05, 4.69) is 40.7 Å². The standard InChI is InChI=1S/C29H48O2/c1-19(2)8-7-9-20(3)25-12-13-26-24-11-10-22-18-23(31-21(4)30)14-16-28(22,5)27(24)15-17-29(25,26)6/h11,19-20,22-23,25-27H,7-10,12-18H2,1-6H3/t20-,22+,23-,25-,26-,27-,28+,29+/m1/s1. The first kappa shape index (κ1) is 23.4. The molecule has 4 rings (SSSR count). The molecule has 2 heteroatoms. The molecule has 2 nitrogen and oxygen atoms in total. The smallest absolute Gasteiger partial charge is 0.302 e. The minimum Gasteiger partial charge on any atom is -0.463 e. The van der Waals surface area contributed by atoms with Crippen LogP contribution in [0.2, 0.25) is 0 Å². The molecule has 0 aromatic heterocycles. The predicted octanol–water partition coefficient (Wildman–Crippen LogP) is 7.96. The highest BCUT2D eigenvalue weighted by Crippen LogP contribution is 2.67. The van der Waals surface area contributed by atoms with Gasteiger partial charge in [0, 0.05) is 6.92 Å². The molecule has 0 radical (unpaired) electrons. The summed E-state index contributed by atoms with van der Waals surface area (Å²) in [6, 6.07) is 0.